The first-order chi connectivity index (χ1) is 7.76. The van der Waals surface area contributed by atoms with Crippen LogP contribution in [-0.2, 0) is 4.79 Å². The number of hydrogen-bond acceptors (Lipinski definition) is 1. The highest BCUT2D eigenvalue weighted by atomic mass is 16.1. The summed E-state index contributed by atoms with van der Waals surface area (Å²) in [6.45, 7) is 4.34. The van der Waals surface area contributed by atoms with Gasteiger partial charge in [0.15, 0.2) is 5.78 Å². The van der Waals surface area contributed by atoms with E-state index in [-0.39, 0.29) is 0 Å². The van der Waals surface area contributed by atoms with Gasteiger partial charge in [0.25, 0.3) is 0 Å². The zero-order chi connectivity index (χ0) is 11.8. The number of carbonyl (C=O) groups excluding carboxylic acids is 1. The van der Waals surface area contributed by atoms with E-state index in [9.17, 15) is 4.79 Å². The van der Waals surface area contributed by atoms with E-state index in [1.54, 1.807) is 6.08 Å². The minimum absolute atomic E-state index is 0.334. The fourth-order valence-corrected chi connectivity index (χ4v) is 2.73. The molecule has 1 aliphatic carbocycles. The van der Waals surface area contributed by atoms with Gasteiger partial charge in [0, 0.05) is 6.42 Å². The van der Waals surface area contributed by atoms with E-state index in [0.29, 0.717) is 11.7 Å². The predicted molar refractivity (Wildman–Crippen MR) is 69.4 cm³/mol. The van der Waals surface area contributed by atoms with E-state index in [0.717, 1.165) is 18.8 Å². The van der Waals surface area contributed by atoms with Gasteiger partial charge >= 0.3 is 0 Å². The summed E-state index contributed by atoms with van der Waals surface area (Å²) in [7, 11) is 0. The summed E-state index contributed by atoms with van der Waals surface area (Å²) < 4.78 is 0. The lowest BCUT2D eigenvalue weighted by atomic mass is 9.78. The fourth-order valence-electron chi connectivity index (χ4n) is 2.73. The van der Waals surface area contributed by atoms with Gasteiger partial charge in [-0.3, -0.25) is 4.79 Å². The maximum Gasteiger partial charge on any atom is 0.155 e. The second-order valence-electron chi connectivity index (χ2n) is 5.16. The van der Waals surface area contributed by atoms with Crippen molar-refractivity contribution in [2.24, 2.45) is 11.8 Å². The number of ketones is 1. The molecule has 1 saturated carbocycles. The lowest BCUT2D eigenvalue weighted by Gasteiger charge is -2.27. The summed E-state index contributed by atoms with van der Waals surface area (Å²) in [6.07, 6.45) is 13.5. The monoisotopic (exact) mass is 222 g/mol. The molecule has 0 unspecified atom stereocenters. The second kappa shape index (κ2) is 7.65. The summed E-state index contributed by atoms with van der Waals surface area (Å²) in [5.41, 5.74) is 0. The van der Waals surface area contributed by atoms with E-state index in [2.05, 4.69) is 13.8 Å². The molecule has 0 aromatic rings. The first kappa shape index (κ1) is 13.5. The van der Waals surface area contributed by atoms with Gasteiger partial charge < -0.3 is 0 Å². The van der Waals surface area contributed by atoms with Crippen molar-refractivity contribution in [1.29, 1.82) is 0 Å². The summed E-state index contributed by atoms with van der Waals surface area (Å²) in [6, 6.07) is 0. The Morgan fingerprint density at radius 3 is 2.31 bits per heavy atom. The molecule has 0 heterocycles. The van der Waals surface area contributed by atoms with Crippen LogP contribution in [0.3, 0.4) is 0 Å². The molecule has 16 heavy (non-hydrogen) atoms. The highest BCUT2D eigenvalue weighted by Gasteiger charge is 2.21. The van der Waals surface area contributed by atoms with Crippen molar-refractivity contribution in [3.63, 3.8) is 0 Å². The van der Waals surface area contributed by atoms with Gasteiger partial charge in [-0.15, -0.1) is 0 Å². The third-order valence-corrected chi connectivity index (χ3v) is 3.69. The first-order valence-corrected chi connectivity index (χ1v) is 6.95. The Labute approximate surface area is 100 Å². The Kier molecular flexibility index (Phi) is 6.44. The van der Waals surface area contributed by atoms with Crippen LogP contribution in [0, 0.1) is 11.8 Å². The molecule has 0 aliphatic heterocycles. The summed E-state index contributed by atoms with van der Waals surface area (Å²) in [5, 5.41) is 0. The molecule has 0 atom stereocenters. The summed E-state index contributed by atoms with van der Waals surface area (Å²) >= 11 is 0. The second-order valence-corrected chi connectivity index (χ2v) is 5.16. The quantitative estimate of drug-likeness (QED) is 0.604. The molecule has 0 spiro atoms. The van der Waals surface area contributed by atoms with Gasteiger partial charge in [-0.05, 0) is 37.2 Å². The third kappa shape index (κ3) is 4.96. The third-order valence-electron chi connectivity index (χ3n) is 3.69. The lowest BCUT2D eigenvalue weighted by molar-refractivity contribution is -0.115. The van der Waals surface area contributed by atoms with Crippen LogP contribution in [0.5, 0.6) is 0 Å². The SMILES string of the molecule is CCC=CC(=O)C[C@H]1CC[C@H](CCC)CC1. The van der Waals surface area contributed by atoms with Crippen LogP contribution in [-0.4, -0.2) is 5.78 Å². The van der Waals surface area contributed by atoms with Crippen molar-refractivity contribution in [2.45, 2.75) is 65.2 Å². The molecular weight excluding hydrogens is 196 g/mol. The first-order valence-electron chi connectivity index (χ1n) is 6.95. The smallest absolute Gasteiger partial charge is 0.155 e. The molecule has 92 valence electrons. The predicted octanol–water partition coefficient (Wildman–Crippen LogP) is 4.52. The zero-order valence-corrected chi connectivity index (χ0v) is 10.9. The molecule has 1 aliphatic rings. The van der Waals surface area contributed by atoms with Crippen LogP contribution >= 0.6 is 0 Å². The Balaban J connectivity index is 2.21. The van der Waals surface area contributed by atoms with E-state index in [1.165, 1.54) is 38.5 Å². The molecule has 0 aromatic heterocycles. The molecule has 0 saturated heterocycles. The maximum absolute atomic E-state index is 11.6. The van der Waals surface area contributed by atoms with Crippen LogP contribution in [0.15, 0.2) is 12.2 Å². The van der Waals surface area contributed by atoms with Crippen molar-refractivity contribution < 1.29 is 4.79 Å². The average molecular weight is 222 g/mol. The van der Waals surface area contributed by atoms with Gasteiger partial charge in [-0.2, -0.15) is 0 Å². The molecule has 1 nitrogen and oxygen atoms in total. The summed E-state index contributed by atoms with van der Waals surface area (Å²) in [4.78, 5) is 11.6. The minimum atomic E-state index is 0.334. The van der Waals surface area contributed by atoms with Crippen LogP contribution in [0.2, 0.25) is 0 Å². The Morgan fingerprint density at radius 2 is 1.75 bits per heavy atom. The summed E-state index contributed by atoms with van der Waals surface area (Å²) in [5.74, 6) is 1.95. The van der Waals surface area contributed by atoms with Crippen molar-refractivity contribution >= 4 is 5.78 Å². The van der Waals surface area contributed by atoms with Crippen molar-refractivity contribution in [3.8, 4) is 0 Å². The Hall–Kier alpha value is -0.590. The highest BCUT2D eigenvalue weighted by molar-refractivity contribution is 5.89. The molecule has 0 aromatic carbocycles. The standard InChI is InChI=1S/C15H26O/c1-3-5-7-15(16)12-14-10-8-13(6-4-2)9-11-14/h5,7,13-14H,3-4,6,8-12H2,1-2H3/t13-,14-. The number of hydrogen-bond donors (Lipinski definition) is 0. The highest BCUT2D eigenvalue weighted by Crippen LogP contribution is 2.33. The topological polar surface area (TPSA) is 17.1 Å². The van der Waals surface area contributed by atoms with Gasteiger partial charge in [-0.25, -0.2) is 0 Å². The van der Waals surface area contributed by atoms with Crippen molar-refractivity contribution in [2.75, 3.05) is 0 Å². The Bertz CT molecular complexity index is 222. The van der Waals surface area contributed by atoms with Crippen LogP contribution in [0.25, 0.3) is 0 Å². The van der Waals surface area contributed by atoms with E-state index >= 15 is 0 Å². The number of carbonyl (C=O) groups is 1. The minimum Gasteiger partial charge on any atom is -0.295 e. The zero-order valence-electron chi connectivity index (χ0n) is 10.9. The largest absolute Gasteiger partial charge is 0.295 e. The fraction of sp³-hybridized carbons (Fsp3) is 0.800. The van der Waals surface area contributed by atoms with Gasteiger partial charge in [0.05, 0.1) is 0 Å². The van der Waals surface area contributed by atoms with Crippen molar-refractivity contribution in [3.05, 3.63) is 12.2 Å². The molecule has 0 amide bonds. The van der Waals surface area contributed by atoms with Crippen LogP contribution in [0.1, 0.15) is 65.2 Å². The van der Waals surface area contributed by atoms with Crippen LogP contribution < -0.4 is 0 Å². The van der Waals surface area contributed by atoms with Gasteiger partial charge in [0.2, 0.25) is 0 Å². The molecule has 1 fully saturated rings. The molecule has 0 radical (unpaired) electrons. The lowest BCUT2D eigenvalue weighted by Crippen LogP contribution is -2.16. The van der Waals surface area contributed by atoms with Gasteiger partial charge in [-0.1, -0.05) is 45.6 Å². The normalized spacial score (nSPS) is 26.1. The number of rotatable bonds is 6. The molecule has 1 heteroatoms. The Morgan fingerprint density at radius 1 is 1.12 bits per heavy atom. The molecule has 0 N–H and O–H groups in total. The van der Waals surface area contributed by atoms with Gasteiger partial charge in [0.1, 0.15) is 0 Å². The molecular formula is C15H26O. The van der Waals surface area contributed by atoms with E-state index < -0.39 is 0 Å². The van der Waals surface area contributed by atoms with E-state index in [1.807, 2.05) is 6.08 Å². The van der Waals surface area contributed by atoms with Crippen LogP contribution in [0.4, 0.5) is 0 Å². The van der Waals surface area contributed by atoms with Crippen molar-refractivity contribution in [1.82, 2.24) is 0 Å². The average Bonchev–Trinajstić information content (AvgIpc) is 2.29. The maximum atomic E-state index is 11.6. The van der Waals surface area contributed by atoms with E-state index in [4.69, 9.17) is 0 Å². The molecule has 1 rings (SSSR count). The molecule has 0 bridgehead atoms. The number of allylic oxidation sites excluding steroid dienone is 2.